The molecule has 0 unspecified atom stereocenters. The number of hydrogen-bond acceptors (Lipinski definition) is 3. The highest BCUT2D eigenvalue weighted by atomic mass is 35.5. The fraction of sp³-hybridized carbons (Fsp3) is 0.294. The summed E-state index contributed by atoms with van der Waals surface area (Å²) in [5, 5.41) is 6.77. The number of amides is 1. The zero-order valence-electron chi connectivity index (χ0n) is 13.3. The van der Waals surface area contributed by atoms with Gasteiger partial charge >= 0.3 is 0 Å². The molecule has 2 aromatic rings. The molecule has 0 atom stereocenters. The monoisotopic (exact) mass is 367 g/mol. The van der Waals surface area contributed by atoms with Gasteiger partial charge in [0.15, 0.2) is 0 Å². The molecule has 0 radical (unpaired) electrons. The fourth-order valence-electron chi connectivity index (χ4n) is 2.12. The van der Waals surface area contributed by atoms with Crippen LogP contribution in [0.15, 0.2) is 41.3 Å². The third-order valence-corrected chi connectivity index (χ3v) is 4.11. The second-order valence-corrected chi connectivity index (χ2v) is 6.12. The van der Waals surface area contributed by atoms with Crippen LogP contribution in [0.3, 0.4) is 0 Å². The number of anilines is 1. The van der Waals surface area contributed by atoms with Crippen molar-refractivity contribution in [3.8, 4) is 0 Å². The normalized spacial score (nSPS) is 10.5. The first-order chi connectivity index (χ1) is 11.5. The maximum absolute atomic E-state index is 12.4. The lowest BCUT2D eigenvalue weighted by Crippen LogP contribution is -2.33. The van der Waals surface area contributed by atoms with Gasteiger partial charge in [0.05, 0.1) is 10.0 Å². The van der Waals surface area contributed by atoms with E-state index >= 15 is 0 Å². The molecular formula is C17H19Cl2N3O2. The van der Waals surface area contributed by atoms with Crippen molar-refractivity contribution in [1.82, 2.24) is 9.88 Å². The molecule has 2 rings (SSSR count). The van der Waals surface area contributed by atoms with E-state index in [-0.39, 0.29) is 18.0 Å². The molecule has 128 valence electrons. The Labute approximate surface area is 150 Å². The molecule has 0 aliphatic heterocycles. The molecule has 1 heterocycles. The van der Waals surface area contributed by atoms with Crippen LogP contribution in [0, 0.1) is 0 Å². The van der Waals surface area contributed by atoms with E-state index in [4.69, 9.17) is 23.2 Å². The first-order valence-electron chi connectivity index (χ1n) is 7.65. The Bertz CT molecular complexity index is 775. The summed E-state index contributed by atoms with van der Waals surface area (Å²) in [5.74, 6) is -0.180. The molecule has 0 saturated carbocycles. The predicted octanol–water partition coefficient (Wildman–Crippen LogP) is 3.29. The average molecular weight is 368 g/mol. The van der Waals surface area contributed by atoms with E-state index in [0.717, 1.165) is 12.0 Å². The van der Waals surface area contributed by atoms with Crippen molar-refractivity contribution in [1.29, 1.82) is 0 Å². The van der Waals surface area contributed by atoms with Gasteiger partial charge in [-0.05, 0) is 36.2 Å². The van der Waals surface area contributed by atoms with Gasteiger partial charge in [0.25, 0.3) is 5.56 Å². The molecule has 1 aromatic carbocycles. The summed E-state index contributed by atoms with van der Waals surface area (Å²) >= 11 is 11.9. The molecule has 2 N–H and O–H groups in total. The highest BCUT2D eigenvalue weighted by molar-refractivity contribution is 6.42. The maximum atomic E-state index is 12.4. The molecule has 1 aromatic heterocycles. The number of carbonyl (C=O) groups excluding carboxylic acids is 1. The van der Waals surface area contributed by atoms with Gasteiger partial charge in [0.1, 0.15) is 12.2 Å². The number of hydrogen-bond donors (Lipinski definition) is 2. The minimum Gasteiger partial charge on any atom is -0.377 e. The Morgan fingerprint density at radius 1 is 1.21 bits per heavy atom. The molecule has 7 heteroatoms. The van der Waals surface area contributed by atoms with Crippen molar-refractivity contribution in [3.63, 3.8) is 0 Å². The Morgan fingerprint density at radius 2 is 2.00 bits per heavy atom. The summed E-state index contributed by atoms with van der Waals surface area (Å²) < 4.78 is 1.38. The minimum atomic E-state index is -0.246. The minimum absolute atomic E-state index is 0.00112. The van der Waals surface area contributed by atoms with E-state index < -0.39 is 0 Å². The lowest BCUT2D eigenvalue weighted by Gasteiger charge is -2.10. The van der Waals surface area contributed by atoms with E-state index in [9.17, 15) is 9.59 Å². The van der Waals surface area contributed by atoms with Crippen LogP contribution >= 0.6 is 23.2 Å². The van der Waals surface area contributed by atoms with Crippen LogP contribution in [0.4, 0.5) is 5.69 Å². The number of nitrogens with zero attached hydrogens (tertiary/aromatic N) is 1. The Balaban J connectivity index is 2.05. The largest absolute Gasteiger partial charge is 0.377 e. The Kier molecular flexibility index (Phi) is 6.70. The van der Waals surface area contributed by atoms with Gasteiger partial charge in [-0.25, -0.2) is 0 Å². The third kappa shape index (κ3) is 5.01. The smallest absolute Gasteiger partial charge is 0.274 e. The SMILES string of the molecule is CCCNC(=O)Cn1cccc(NCc2ccc(Cl)c(Cl)c2)c1=O. The van der Waals surface area contributed by atoms with E-state index in [1.54, 1.807) is 30.5 Å². The number of halogens is 2. The quantitative estimate of drug-likeness (QED) is 0.788. The number of aromatic nitrogens is 1. The lowest BCUT2D eigenvalue weighted by atomic mass is 10.2. The van der Waals surface area contributed by atoms with Crippen molar-refractivity contribution in [2.75, 3.05) is 11.9 Å². The summed E-state index contributed by atoms with van der Waals surface area (Å²) in [7, 11) is 0. The summed E-state index contributed by atoms with van der Waals surface area (Å²) in [6, 6.07) is 8.70. The maximum Gasteiger partial charge on any atom is 0.274 e. The molecule has 0 aliphatic rings. The molecule has 0 aliphatic carbocycles. The molecule has 1 amide bonds. The molecule has 5 nitrogen and oxygen atoms in total. The zero-order valence-corrected chi connectivity index (χ0v) is 14.8. The summed E-state index contributed by atoms with van der Waals surface area (Å²) in [4.78, 5) is 24.2. The Morgan fingerprint density at radius 3 is 2.71 bits per heavy atom. The first-order valence-corrected chi connectivity index (χ1v) is 8.40. The molecule has 0 spiro atoms. The van der Waals surface area contributed by atoms with E-state index in [1.807, 2.05) is 13.0 Å². The van der Waals surface area contributed by atoms with Gasteiger partial charge in [-0.3, -0.25) is 9.59 Å². The van der Waals surface area contributed by atoms with Crippen molar-refractivity contribution >= 4 is 34.8 Å². The Hall–Kier alpha value is -1.98. The molecule has 24 heavy (non-hydrogen) atoms. The summed E-state index contributed by atoms with van der Waals surface area (Å²) in [6.07, 6.45) is 2.45. The van der Waals surface area contributed by atoms with E-state index in [0.29, 0.717) is 28.8 Å². The average Bonchev–Trinajstić information content (AvgIpc) is 2.57. The van der Waals surface area contributed by atoms with Crippen LogP contribution in [0.25, 0.3) is 0 Å². The van der Waals surface area contributed by atoms with Crippen LogP contribution in [-0.4, -0.2) is 17.0 Å². The third-order valence-electron chi connectivity index (χ3n) is 3.37. The van der Waals surface area contributed by atoms with Gasteiger partial charge in [0, 0.05) is 19.3 Å². The fourth-order valence-corrected chi connectivity index (χ4v) is 2.44. The second kappa shape index (κ2) is 8.76. The molecular weight excluding hydrogens is 349 g/mol. The lowest BCUT2D eigenvalue weighted by molar-refractivity contribution is -0.121. The van der Waals surface area contributed by atoms with Crippen molar-refractivity contribution in [2.45, 2.75) is 26.4 Å². The van der Waals surface area contributed by atoms with Gasteiger partial charge in [0.2, 0.25) is 5.91 Å². The number of nitrogens with one attached hydrogen (secondary N) is 2. The van der Waals surface area contributed by atoms with E-state index in [2.05, 4.69) is 10.6 Å². The van der Waals surface area contributed by atoms with Gasteiger partial charge in [-0.1, -0.05) is 36.2 Å². The van der Waals surface area contributed by atoms with Crippen molar-refractivity contribution in [2.24, 2.45) is 0 Å². The van der Waals surface area contributed by atoms with Crippen molar-refractivity contribution < 1.29 is 4.79 Å². The zero-order chi connectivity index (χ0) is 17.5. The van der Waals surface area contributed by atoms with Crippen LogP contribution in [0.5, 0.6) is 0 Å². The highest BCUT2D eigenvalue weighted by Gasteiger charge is 2.07. The summed E-state index contributed by atoms with van der Waals surface area (Å²) in [6.45, 7) is 3.00. The van der Waals surface area contributed by atoms with Gasteiger partial charge in [-0.15, -0.1) is 0 Å². The van der Waals surface area contributed by atoms with Crippen LogP contribution in [0.1, 0.15) is 18.9 Å². The molecule has 0 fully saturated rings. The highest BCUT2D eigenvalue weighted by Crippen LogP contribution is 2.22. The number of carbonyl (C=O) groups is 1. The number of rotatable bonds is 7. The molecule has 0 bridgehead atoms. The summed E-state index contributed by atoms with van der Waals surface area (Å²) in [5.41, 5.74) is 1.08. The van der Waals surface area contributed by atoms with Crippen LogP contribution in [0.2, 0.25) is 10.0 Å². The van der Waals surface area contributed by atoms with Crippen LogP contribution in [-0.2, 0) is 17.9 Å². The predicted molar refractivity (Wildman–Crippen MR) is 97.8 cm³/mol. The topological polar surface area (TPSA) is 63.1 Å². The first kappa shape index (κ1) is 18.4. The molecule has 0 saturated heterocycles. The van der Waals surface area contributed by atoms with Gasteiger partial charge in [-0.2, -0.15) is 0 Å². The standard InChI is InChI=1S/C17H19Cl2N3O2/c1-2-7-20-16(23)11-22-8-3-4-15(17(22)24)21-10-12-5-6-13(18)14(19)9-12/h3-6,8-9,21H,2,7,10-11H2,1H3,(H,20,23). The van der Waals surface area contributed by atoms with E-state index in [1.165, 1.54) is 4.57 Å². The number of benzene rings is 1. The van der Waals surface area contributed by atoms with Gasteiger partial charge < -0.3 is 15.2 Å². The number of pyridine rings is 1. The second-order valence-electron chi connectivity index (χ2n) is 5.31. The van der Waals surface area contributed by atoms with Crippen LogP contribution < -0.4 is 16.2 Å². The van der Waals surface area contributed by atoms with Crippen molar-refractivity contribution in [3.05, 3.63) is 62.5 Å².